The van der Waals surface area contributed by atoms with Crippen molar-refractivity contribution in [2.75, 3.05) is 6.54 Å². The summed E-state index contributed by atoms with van der Waals surface area (Å²) in [5, 5.41) is 20.0. The number of carbonyl (C=O) groups excluding carboxylic acids is 1. The van der Waals surface area contributed by atoms with Crippen molar-refractivity contribution >= 4 is 17.5 Å². The van der Waals surface area contributed by atoms with Gasteiger partial charge in [0.25, 0.3) is 5.91 Å². The molecule has 0 heterocycles. The molecular weight excluding hydrogens is 275 g/mol. The van der Waals surface area contributed by atoms with Crippen LogP contribution in [0.1, 0.15) is 10.4 Å². The van der Waals surface area contributed by atoms with Gasteiger partial charge in [-0.1, -0.05) is 11.6 Å². The van der Waals surface area contributed by atoms with Crippen molar-refractivity contribution in [3.63, 3.8) is 0 Å². The van der Waals surface area contributed by atoms with Gasteiger partial charge in [-0.15, -0.1) is 0 Å². The number of phenolic OH excluding ortho intramolecular Hbond substituents is 1. The van der Waals surface area contributed by atoms with Crippen molar-refractivity contribution in [1.29, 1.82) is 0 Å². The van der Waals surface area contributed by atoms with Crippen molar-refractivity contribution < 1.29 is 28.2 Å². The van der Waals surface area contributed by atoms with Crippen LogP contribution in [0.2, 0.25) is 5.02 Å². The molecule has 1 aromatic rings. The average molecular weight is 284 g/mol. The van der Waals surface area contributed by atoms with E-state index in [1.165, 1.54) is 6.07 Å². The lowest BCUT2D eigenvalue weighted by atomic mass is 10.2. The highest BCUT2D eigenvalue weighted by Gasteiger charge is 2.38. The van der Waals surface area contributed by atoms with Crippen LogP contribution in [-0.2, 0) is 0 Å². The molecule has 1 rings (SSSR count). The van der Waals surface area contributed by atoms with E-state index in [1.807, 2.05) is 5.32 Å². The Morgan fingerprint density at radius 3 is 2.61 bits per heavy atom. The number of aromatic hydroxyl groups is 1. The standard InChI is InChI=1S/C10H9ClF3NO3/c11-5-1-2-7(16)6(3-5)9(18)15-4-8(17)10(12,13)14/h1-3,8,16-17H,4H2,(H,15,18). The number of hydrogen-bond acceptors (Lipinski definition) is 3. The Labute approximate surface area is 105 Å². The third kappa shape index (κ3) is 3.78. The summed E-state index contributed by atoms with van der Waals surface area (Å²) in [4.78, 5) is 11.4. The molecule has 0 aliphatic carbocycles. The molecule has 18 heavy (non-hydrogen) atoms. The van der Waals surface area contributed by atoms with Crippen molar-refractivity contribution in [3.8, 4) is 5.75 Å². The fraction of sp³-hybridized carbons (Fsp3) is 0.300. The molecule has 1 atom stereocenters. The molecule has 4 nitrogen and oxygen atoms in total. The van der Waals surface area contributed by atoms with Gasteiger partial charge in [0.2, 0.25) is 0 Å². The Balaban J connectivity index is 2.69. The molecule has 1 aromatic carbocycles. The molecule has 0 spiro atoms. The predicted molar refractivity (Wildman–Crippen MR) is 57.5 cm³/mol. The Morgan fingerprint density at radius 2 is 2.06 bits per heavy atom. The van der Waals surface area contributed by atoms with Gasteiger partial charge >= 0.3 is 6.18 Å². The van der Waals surface area contributed by atoms with Gasteiger partial charge in [-0.2, -0.15) is 13.2 Å². The van der Waals surface area contributed by atoms with Gasteiger partial charge in [-0.3, -0.25) is 4.79 Å². The van der Waals surface area contributed by atoms with E-state index in [1.54, 1.807) is 0 Å². The highest BCUT2D eigenvalue weighted by Crippen LogP contribution is 2.22. The molecule has 100 valence electrons. The van der Waals surface area contributed by atoms with Gasteiger partial charge in [0.05, 0.1) is 12.1 Å². The lowest BCUT2D eigenvalue weighted by molar-refractivity contribution is -0.201. The summed E-state index contributed by atoms with van der Waals surface area (Å²) in [6, 6.07) is 3.56. The average Bonchev–Trinajstić information content (AvgIpc) is 2.27. The van der Waals surface area contributed by atoms with E-state index in [0.717, 1.165) is 12.1 Å². The van der Waals surface area contributed by atoms with Crippen LogP contribution >= 0.6 is 11.6 Å². The van der Waals surface area contributed by atoms with Crippen molar-refractivity contribution in [3.05, 3.63) is 28.8 Å². The quantitative estimate of drug-likeness (QED) is 0.791. The molecule has 1 amide bonds. The third-order valence-corrected chi connectivity index (χ3v) is 2.27. The van der Waals surface area contributed by atoms with Crippen LogP contribution in [0.5, 0.6) is 5.75 Å². The second-order valence-corrected chi connectivity index (χ2v) is 3.87. The lowest BCUT2D eigenvalue weighted by Crippen LogP contribution is -2.40. The lowest BCUT2D eigenvalue weighted by Gasteiger charge is -2.15. The van der Waals surface area contributed by atoms with Crippen LogP contribution in [0.3, 0.4) is 0 Å². The fourth-order valence-electron chi connectivity index (χ4n) is 1.09. The summed E-state index contributed by atoms with van der Waals surface area (Å²) < 4.78 is 35.9. The first-order chi connectivity index (χ1) is 8.21. The van der Waals surface area contributed by atoms with Crippen LogP contribution in [0.4, 0.5) is 13.2 Å². The number of nitrogens with one attached hydrogen (secondary N) is 1. The van der Waals surface area contributed by atoms with Crippen molar-refractivity contribution in [1.82, 2.24) is 5.32 Å². The van der Waals surface area contributed by atoms with Gasteiger partial charge in [0.1, 0.15) is 5.75 Å². The van der Waals surface area contributed by atoms with Gasteiger partial charge < -0.3 is 15.5 Å². The molecular formula is C10H9ClF3NO3. The van der Waals surface area contributed by atoms with Gasteiger partial charge in [-0.25, -0.2) is 0 Å². The van der Waals surface area contributed by atoms with Crippen LogP contribution in [0, 0.1) is 0 Å². The summed E-state index contributed by atoms with van der Waals surface area (Å²) >= 11 is 5.58. The number of phenols is 1. The largest absolute Gasteiger partial charge is 0.507 e. The maximum atomic E-state index is 12.0. The first-order valence-electron chi connectivity index (χ1n) is 4.73. The Morgan fingerprint density at radius 1 is 1.44 bits per heavy atom. The van der Waals surface area contributed by atoms with Crippen molar-refractivity contribution in [2.24, 2.45) is 0 Å². The van der Waals surface area contributed by atoms with E-state index in [4.69, 9.17) is 16.7 Å². The van der Waals surface area contributed by atoms with E-state index in [0.29, 0.717) is 0 Å². The number of amides is 1. The highest BCUT2D eigenvalue weighted by atomic mass is 35.5. The SMILES string of the molecule is O=C(NCC(O)C(F)(F)F)c1cc(Cl)ccc1O. The molecule has 0 bridgehead atoms. The number of rotatable bonds is 3. The maximum absolute atomic E-state index is 12.0. The van der Waals surface area contributed by atoms with Gasteiger partial charge in [-0.05, 0) is 18.2 Å². The zero-order chi connectivity index (χ0) is 13.9. The molecule has 0 radical (unpaired) electrons. The summed E-state index contributed by atoms with van der Waals surface area (Å²) in [6.45, 7) is -1.01. The minimum Gasteiger partial charge on any atom is -0.507 e. The van der Waals surface area contributed by atoms with E-state index < -0.39 is 30.5 Å². The second-order valence-electron chi connectivity index (χ2n) is 3.43. The molecule has 0 saturated carbocycles. The molecule has 3 N–H and O–H groups in total. The van der Waals surface area contributed by atoms with Gasteiger partial charge in [0.15, 0.2) is 6.10 Å². The van der Waals surface area contributed by atoms with E-state index in [9.17, 15) is 23.1 Å². The monoisotopic (exact) mass is 283 g/mol. The van der Waals surface area contributed by atoms with E-state index in [2.05, 4.69) is 0 Å². The molecule has 0 aromatic heterocycles. The zero-order valence-electron chi connectivity index (χ0n) is 8.83. The summed E-state index contributed by atoms with van der Waals surface area (Å²) in [7, 11) is 0. The number of alkyl halides is 3. The Hall–Kier alpha value is -1.47. The summed E-state index contributed by atoms with van der Waals surface area (Å²) in [5.41, 5.74) is -0.267. The first kappa shape index (κ1) is 14.6. The molecule has 1 unspecified atom stereocenters. The maximum Gasteiger partial charge on any atom is 0.416 e. The molecule has 0 saturated heterocycles. The summed E-state index contributed by atoms with van der Waals surface area (Å²) in [6.07, 6.45) is -7.48. The van der Waals surface area contributed by atoms with Crippen molar-refractivity contribution in [2.45, 2.75) is 12.3 Å². The summed E-state index contributed by atoms with van der Waals surface area (Å²) in [5.74, 6) is -1.38. The number of aliphatic hydroxyl groups is 1. The van der Waals surface area contributed by atoms with Gasteiger partial charge in [0, 0.05) is 5.02 Å². The molecule has 0 aliphatic rings. The first-order valence-corrected chi connectivity index (χ1v) is 5.11. The predicted octanol–water partition coefficient (Wildman–Crippen LogP) is 1.70. The van der Waals surface area contributed by atoms with Crippen LogP contribution in [0.15, 0.2) is 18.2 Å². The molecule has 0 aliphatic heterocycles. The number of carbonyl (C=O) groups is 1. The normalized spacial score (nSPS) is 13.2. The number of halogens is 4. The third-order valence-electron chi connectivity index (χ3n) is 2.04. The van der Waals surface area contributed by atoms with Crippen LogP contribution in [0.25, 0.3) is 0 Å². The Kier molecular flexibility index (Phi) is 4.42. The number of benzene rings is 1. The van der Waals surface area contributed by atoms with E-state index >= 15 is 0 Å². The molecule has 0 fully saturated rings. The Bertz CT molecular complexity index is 450. The minimum atomic E-state index is -4.82. The molecule has 8 heteroatoms. The minimum absolute atomic E-state index is 0.148. The number of hydrogen-bond donors (Lipinski definition) is 3. The van der Waals surface area contributed by atoms with Crippen LogP contribution in [-0.4, -0.2) is 34.9 Å². The smallest absolute Gasteiger partial charge is 0.416 e. The zero-order valence-corrected chi connectivity index (χ0v) is 9.59. The highest BCUT2D eigenvalue weighted by molar-refractivity contribution is 6.31. The number of aliphatic hydroxyl groups excluding tert-OH is 1. The second kappa shape index (κ2) is 5.45. The topological polar surface area (TPSA) is 69.6 Å². The van der Waals surface area contributed by atoms with E-state index in [-0.39, 0.29) is 10.6 Å². The fourth-order valence-corrected chi connectivity index (χ4v) is 1.26. The van der Waals surface area contributed by atoms with Crippen LogP contribution < -0.4 is 5.32 Å².